The maximum atomic E-state index is 11.0. The lowest BCUT2D eigenvalue weighted by atomic mass is 10.2. The molecule has 2 aromatic carbocycles. The first-order valence-corrected chi connectivity index (χ1v) is 8.14. The molecule has 6 heteroatoms. The predicted octanol–water partition coefficient (Wildman–Crippen LogP) is 2.10. The molecule has 0 spiro atoms. The number of nitrogens with two attached hydrogens (primary N) is 1. The van der Waals surface area contributed by atoms with Crippen LogP contribution in [-0.2, 0) is 22.3 Å². The topological polar surface area (TPSA) is 81.4 Å². The molecule has 0 amide bonds. The molecule has 0 saturated heterocycles. The molecule has 0 fully saturated rings. The van der Waals surface area contributed by atoms with Gasteiger partial charge in [-0.25, -0.2) is 13.6 Å². The van der Waals surface area contributed by atoms with E-state index in [-0.39, 0.29) is 5.75 Å². The monoisotopic (exact) mass is 306 g/mol. The van der Waals surface area contributed by atoms with Gasteiger partial charge in [-0.2, -0.15) is 0 Å². The van der Waals surface area contributed by atoms with Crippen LogP contribution in [0.1, 0.15) is 11.1 Å². The van der Waals surface area contributed by atoms with Crippen LogP contribution >= 0.6 is 0 Å². The van der Waals surface area contributed by atoms with E-state index >= 15 is 0 Å². The van der Waals surface area contributed by atoms with Crippen molar-refractivity contribution >= 4 is 15.7 Å². The fourth-order valence-corrected chi connectivity index (χ4v) is 2.59. The first kappa shape index (κ1) is 15.3. The smallest absolute Gasteiger partial charge is 0.213 e. The molecule has 0 aliphatic carbocycles. The van der Waals surface area contributed by atoms with Gasteiger partial charge in [-0.15, -0.1) is 0 Å². The summed E-state index contributed by atoms with van der Waals surface area (Å²) in [5.41, 5.74) is 2.68. The number of hydrogen-bond donors (Lipinski definition) is 2. The standard InChI is InChI=1S/C15H18N2O3S/c1-20-15-4-2-3-13(9-15)10-17-14-7-5-12(6-8-14)11-21(16,18)19/h2-9,17H,10-11H2,1H3,(H2,16,18,19). The summed E-state index contributed by atoms with van der Waals surface area (Å²) < 4.78 is 27.2. The van der Waals surface area contributed by atoms with Gasteiger partial charge in [0, 0.05) is 12.2 Å². The van der Waals surface area contributed by atoms with E-state index in [9.17, 15) is 8.42 Å². The van der Waals surface area contributed by atoms with E-state index in [2.05, 4.69) is 5.32 Å². The summed E-state index contributed by atoms with van der Waals surface area (Å²) in [6.45, 7) is 0.658. The van der Waals surface area contributed by atoms with Crippen LogP contribution in [-0.4, -0.2) is 15.5 Å². The molecule has 0 aliphatic heterocycles. The van der Waals surface area contributed by atoms with Crippen molar-refractivity contribution in [1.82, 2.24) is 0 Å². The van der Waals surface area contributed by atoms with Crippen LogP contribution in [0.3, 0.4) is 0 Å². The van der Waals surface area contributed by atoms with Crippen molar-refractivity contribution in [3.8, 4) is 5.75 Å². The Hall–Kier alpha value is -2.05. The molecule has 0 saturated carbocycles. The van der Waals surface area contributed by atoms with E-state index < -0.39 is 10.0 Å². The number of nitrogens with one attached hydrogen (secondary N) is 1. The van der Waals surface area contributed by atoms with Crippen molar-refractivity contribution in [3.63, 3.8) is 0 Å². The van der Waals surface area contributed by atoms with E-state index in [0.717, 1.165) is 17.0 Å². The third kappa shape index (κ3) is 5.09. The van der Waals surface area contributed by atoms with Crippen LogP contribution in [0.25, 0.3) is 0 Å². The molecular weight excluding hydrogens is 288 g/mol. The molecule has 3 N–H and O–H groups in total. The van der Waals surface area contributed by atoms with Crippen molar-refractivity contribution in [1.29, 1.82) is 0 Å². The lowest BCUT2D eigenvalue weighted by Gasteiger charge is -2.08. The van der Waals surface area contributed by atoms with Gasteiger partial charge >= 0.3 is 0 Å². The number of methoxy groups -OCH3 is 1. The van der Waals surface area contributed by atoms with Gasteiger partial charge < -0.3 is 10.1 Å². The van der Waals surface area contributed by atoms with Gasteiger partial charge in [0.25, 0.3) is 0 Å². The third-order valence-corrected chi connectivity index (χ3v) is 3.69. The maximum absolute atomic E-state index is 11.0. The van der Waals surface area contributed by atoms with Crippen LogP contribution in [0.15, 0.2) is 48.5 Å². The summed E-state index contributed by atoms with van der Waals surface area (Å²) in [5.74, 6) is 0.668. The molecule has 0 unspecified atom stereocenters. The molecular formula is C15H18N2O3S. The first-order chi connectivity index (χ1) is 9.96. The quantitative estimate of drug-likeness (QED) is 0.856. The molecule has 5 nitrogen and oxygen atoms in total. The molecule has 0 radical (unpaired) electrons. The number of rotatable bonds is 6. The second kappa shape index (κ2) is 6.60. The number of sulfonamides is 1. The van der Waals surface area contributed by atoms with Crippen molar-refractivity contribution in [3.05, 3.63) is 59.7 Å². The summed E-state index contributed by atoms with van der Waals surface area (Å²) in [6, 6.07) is 15.0. The van der Waals surface area contributed by atoms with Crippen LogP contribution < -0.4 is 15.2 Å². The van der Waals surface area contributed by atoms with Crippen molar-refractivity contribution in [2.45, 2.75) is 12.3 Å². The molecule has 0 aromatic heterocycles. The average Bonchev–Trinajstić information content (AvgIpc) is 2.45. The van der Waals surface area contributed by atoms with Gasteiger partial charge in [0.2, 0.25) is 10.0 Å². The highest BCUT2D eigenvalue weighted by atomic mass is 32.2. The minimum absolute atomic E-state index is 0.150. The van der Waals surface area contributed by atoms with Gasteiger partial charge in [-0.3, -0.25) is 0 Å². The van der Waals surface area contributed by atoms with E-state index in [1.165, 1.54) is 0 Å². The normalized spacial score (nSPS) is 11.1. The highest BCUT2D eigenvalue weighted by Gasteiger charge is 2.04. The summed E-state index contributed by atoms with van der Waals surface area (Å²) in [4.78, 5) is 0. The fourth-order valence-electron chi connectivity index (χ4n) is 1.94. The minimum atomic E-state index is -3.49. The minimum Gasteiger partial charge on any atom is -0.497 e. The Kier molecular flexibility index (Phi) is 4.82. The Morgan fingerprint density at radius 1 is 1.10 bits per heavy atom. The number of anilines is 1. The van der Waals surface area contributed by atoms with E-state index in [0.29, 0.717) is 12.1 Å². The van der Waals surface area contributed by atoms with Gasteiger partial charge in [0.15, 0.2) is 0 Å². The summed E-state index contributed by atoms with van der Waals surface area (Å²) in [6.07, 6.45) is 0. The number of primary sulfonamides is 1. The molecule has 0 aliphatic rings. The Morgan fingerprint density at radius 3 is 2.43 bits per heavy atom. The highest BCUT2D eigenvalue weighted by Crippen LogP contribution is 2.15. The molecule has 2 aromatic rings. The van der Waals surface area contributed by atoms with Crippen LogP contribution in [0.4, 0.5) is 5.69 Å². The van der Waals surface area contributed by atoms with Crippen LogP contribution in [0.5, 0.6) is 5.75 Å². The van der Waals surface area contributed by atoms with Crippen LogP contribution in [0, 0.1) is 0 Å². The average molecular weight is 306 g/mol. The number of hydrogen-bond acceptors (Lipinski definition) is 4. The fraction of sp³-hybridized carbons (Fsp3) is 0.200. The molecule has 0 heterocycles. The summed E-state index contributed by atoms with van der Waals surface area (Å²) in [7, 11) is -1.85. The predicted molar refractivity (Wildman–Crippen MR) is 83.6 cm³/mol. The third-order valence-electron chi connectivity index (χ3n) is 2.95. The number of benzene rings is 2. The Balaban J connectivity index is 1.97. The van der Waals surface area contributed by atoms with E-state index in [4.69, 9.17) is 9.88 Å². The lowest BCUT2D eigenvalue weighted by Crippen LogP contribution is -2.14. The first-order valence-electron chi connectivity index (χ1n) is 6.42. The Bertz CT molecular complexity index is 697. The molecule has 21 heavy (non-hydrogen) atoms. The zero-order valence-corrected chi connectivity index (χ0v) is 12.6. The zero-order chi connectivity index (χ0) is 15.3. The van der Waals surface area contributed by atoms with Crippen molar-refractivity contribution in [2.75, 3.05) is 12.4 Å². The van der Waals surface area contributed by atoms with Gasteiger partial charge in [0.05, 0.1) is 12.9 Å². The summed E-state index contributed by atoms with van der Waals surface area (Å²) >= 11 is 0. The van der Waals surface area contributed by atoms with E-state index in [1.54, 1.807) is 19.2 Å². The van der Waals surface area contributed by atoms with Crippen LogP contribution in [0.2, 0.25) is 0 Å². The van der Waals surface area contributed by atoms with Gasteiger partial charge in [-0.1, -0.05) is 24.3 Å². The summed E-state index contributed by atoms with van der Waals surface area (Å²) in [5, 5.41) is 8.28. The van der Waals surface area contributed by atoms with E-state index in [1.807, 2.05) is 36.4 Å². The Morgan fingerprint density at radius 2 is 1.81 bits per heavy atom. The lowest BCUT2D eigenvalue weighted by molar-refractivity contribution is 0.414. The van der Waals surface area contributed by atoms with Gasteiger partial charge in [-0.05, 0) is 35.4 Å². The Labute approximate surface area is 124 Å². The number of ether oxygens (including phenoxy) is 1. The van der Waals surface area contributed by atoms with Gasteiger partial charge in [0.1, 0.15) is 5.75 Å². The second-order valence-electron chi connectivity index (χ2n) is 4.71. The molecule has 112 valence electrons. The van der Waals surface area contributed by atoms with Crippen molar-refractivity contribution < 1.29 is 13.2 Å². The zero-order valence-electron chi connectivity index (χ0n) is 11.7. The molecule has 0 atom stereocenters. The van der Waals surface area contributed by atoms with Crippen molar-refractivity contribution in [2.24, 2.45) is 5.14 Å². The highest BCUT2D eigenvalue weighted by molar-refractivity contribution is 7.88. The SMILES string of the molecule is COc1cccc(CNc2ccc(CS(N)(=O)=O)cc2)c1. The second-order valence-corrected chi connectivity index (χ2v) is 6.32. The molecule has 2 rings (SSSR count). The maximum Gasteiger partial charge on any atom is 0.213 e. The largest absolute Gasteiger partial charge is 0.497 e. The molecule has 0 bridgehead atoms.